The number of carbonyl (C=O) groups is 4. The third-order valence-corrected chi connectivity index (χ3v) is 17.4. The van der Waals surface area contributed by atoms with E-state index in [4.69, 9.17) is 4.74 Å². The summed E-state index contributed by atoms with van der Waals surface area (Å²) in [5.74, 6) is 1.70. The van der Waals surface area contributed by atoms with Gasteiger partial charge in [-0.05, 0) is 134 Å². The number of carboxylic acid groups (broad SMARTS) is 1. The predicted molar refractivity (Wildman–Crippen MR) is 208 cm³/mol. The summed E-state index contributed by atoms with van der Waals surface area (Å²) in [7, 11) is 0. The van der Waals surface area contributed by atoms with E-state index in [-0.39, 0.29) is 69.8 Å². The van der Waals surface area contributed by atoms with Gasteiger partial charge in [-0.25, -0.2) is 0 Å². The van der Waals surface area contributed by atoms with E-state index in [1.165, 1.54) is 31.3 Å². The lowest BCUT2D eigenvalue weighted by molar-refractivity contribution is -0.250. The second-order valence-electron chi connectivity index (χ2n) is 21.2. The second-order valence-corrected chi connectivity index (χ2v) is 21.2. The van der Waals surface area contributed by atoms with Crippen molar-refractivity contribution in [3.63, 3.8) is 0 Å². The summed E-state index contributed by atoms with van der Waals surface area (Å²) < 4.78 is 6.28. The molecule has 298 valence electrons. The third-order valence-electron chi connectivity index (χ3n) is 17.4. The summed E-state index contributed by atoms with van der Waals surface area (Å²) in [5.41, 5.74) is 0.985. The highest BCUT2D eigenvalue weighted by Crippen LogP contribution is 2.78. The van der Waals surface area contributed by atoms with Crippen molar-refractivity contribution in [3.8, 4) is 0 Å². The molecule has 2 N–H and O–H groups in total. The van der Waals surface area contributed by atoms with Gasteiger partial charge in [-0.2, -0.15) is 0 Å². The fraction of sp³-hybridized carbons (Fsp3) is 0.867. The molecule has 0 aromatic rings. The van der Waals surface area contributed by atoms with Crippen molar-refractivity contribution in [2.75, 3.05) is 13.1 Å². The van der Waals surface area contributed by atoms with Gasteiger partial charge in [0.1, 0.15) is 6.10 Å². The van der Waals surface area contributed by atoms with Crippen molar-refractivity contribution in [2.24, 2.45) is 62.1 Å². The lowest BCUT2D eigenvalue weighted by Crippen LogP contribution is -2.67. The van der Waals surface area contributed by atoms with Crippen molar-refractivity contribution < 1.29 is 29.0 Å². The van der Waals surface area contributed by atoms with Gasteiger partial charge in [0.2, 0.25) is 11.8 Å². The van der Waals surface area contributed by atoms with Crippen LogP contribution in [0.25, 0.3) is 0 Å². The van der Waals surface area contributed by atoms with Crippen LogP contribution in [0, 0.1) is 62.1 Å². The van der Waals surface area contributed by atoms with Gasteiger partial charge >= 0.3 is 11.9 Å². The lowest BCUT2D eigenvalue weighted by Gasteiger charge is -2.73. The van der Waals surface area contributed by atoms with Crippen LogP contribution in [0.5, 0.6) is 0 Å². The van der Waals surface area contributed by atoms with E-state index in [2.05, 4.69) is 53.4 Å². The van der Waals surface area contributed by atoms with Gasteiger partial charge in [-0.1, -0.05) is 67.5 Å². The molecule has 1 aliphatic heterocycles. The number of hydrogen-bond acceptors (Lipinski definition) is 5. The van der Waals surface area contributed by atoms with Crippen molar-refractivity contribution in [2.45, 2.75) is 171 Å². The first-order valence-corrected chi connectivity index (χ1v) is 21.3. The van der Waals surface area contributed by atoms with Gasteiger partial charge in [0.15, 0.2) is 0 Å². The molecule has 5 saturated carbocycles. The topological polar surface area (TPSA) is 113 Å². The zero-order valence-corrected chi connectivity index (χ0v) is 34.7. The number of fused-ring (bicyclic) bond motifs is 7. The van der Waals surface area contributed by atoms with Crippen LogP contribution in [0.4, 0.5) is 0 Å². The highest BCUT2D eigenvalue weighted by molar-refractivity contribution is 5.78. The Kier molecular flexibility index (Phi) is 10.6. The molecule has 0 bridgehead atoms. The maximum Gasteiger partial charge on any atom is 0.306 e. The number of hydrogen-bond donors (Lipinski definition) is 2. The molecule has 1 saturated heterocycles. The van der Waals surface area contributed by atoms with E-state index in [0.717, 1.165) is 51.5 Å². The Morgan fingerprint density at radius 3 is 2.25 bits per heavy atom. The normalized spacial score (nSPS) is 41.7. The standard InChI is InChI=1S/C45H72N2O6/c1-11-35(48)46-29-17-23-47(27-29)36(49)24-45-20-14-30(28(2)3)39(45)31-12-13-33-42(8)18-16-34(53-38(52)26-40(4,5)25-37(50)51)41(6,7)32(42)15-19-44(33,10)43(31,9)21-22-45/h29-34,39H,2,11-27H2,1,3-10H3,(H,46,48)(H,50,51)/t29-,30+,31-,32+,33-,34+,39-,42+,43-,44-,45-/m1/s1. The fourth-order valence-corrected chi connectivity index (χ4v) is 14.7. The van der Waals surface area contributed by atoms with E-state index < -0.39 is 11.4 Å². The summed E-state index contributed by atoms with van der Waals surface area (Å²) in [5, 5.41) is 12.5. The Morgan fingerprint density at radius 1 is 0.868 bits per heavy atom. The van der Waals surface area contributed by atoms with Crippen LogP contribution in [0.2, 0.25) is 0 Å². The van der Waals surface area contributed by atoms with E-state index >= 15 is 0 Å². The molecule has 11 atom stereocenters. The maximum atomic E-state index is 14.2. The Morgan fingerprint density at radius 2 is 1.58 bits per heavy atom. The number of rotatable bonds is 10. The monoisotopic (exact) mass is 737 g/mol. The van der Waals surface area contributed by atoms with Crippen LogP contribution < -0.4 is 5.32 Å². The molecule has 2 amide bonds. The minimum atomic E-state index is -0.888. The van der Waals surface area contributed by atoms with Gasteiger partial charge in [0.25, 0.3) is 0 Å². The first-order chi connectivity index (χ1) is 24.6. The molecule has 0 radical (unpaired) electrons. The highest BCUT2D eigenvalue weighted by atomic mass is 16.5. The summed E-state index contributed by atoms with van der Waals surface area (Å²) >= 11 is 0. The number of allylic oxidation sites excluding steroid dienone is 1. The fourth-order valence-electron chi connectivity index (χ4n) is 14.7. The molecule has 0 unspecified atom stereocenters. The minimum absolute atomic E-state index is 0.0168. The quantitative estimate of drug-likeness (QED) is 0.171. The number of aliphatic carboxylic acids is 1. The number of carboxylic acids is 1. The number of esters is 1. The third kappa shape index (κ3) is 6.80. The Balaban J connectivity index is 1.21. The number of likely N-dealkylation sites (tertiary alicyclic amines) is 1. The van der Waals surface area contributed by atoms with Crippen LogP contribution in [-0.4, -0.2) is 59.0 Å². The average molecular weight is 737 g/mol. The van der Waals surface area contributed by atoms with Gasteiger partial charge in [0, 0.05) is 37.4 Å². The van der Waals surface area contributed by atoms with E-state index in [0.29, 0.717) is 49.0 Å². The van der Waals surface area contributed by atoms with Crippen LogP contribution in [0.3, 0.4) is 0 Å². The molecular weight excluding hydrogens is 665 g/mol. The highest BCUT2D eigenvalue weighted by Gasteiger charge is 2.71. The molecule has 8 heteroatoms. The van der Waals surface area contributed by atoms with Crippen LogP contribution in [0.1, 0.15) is 159 Å². The molecule has 5 aliphatic carbocycles. The predicted octanol–water partition coefficient (Wildman–Crippen LogP) is 8.96. The van der Waals surface area contributed by atoms with Crippen molar-refractivity contribution in [1.29, 1.82) is 0 Å². The van der Waals surface area contributed by atoms with Crippen LogP contribution in [0.15, 0.2) is 12.2 Å². The number of nitrogens with zero attached hydrogens (tertiary/aromatic N) is 1. The zero-order valence-electron chi connectivity index (χ0n) is 34.7. The van der Waals surface area contributed by atoms with E-state index in [9.17, 15) is 24.3 Å². The van der Waals surface area contributed by atoms with Gasteiger partial charge in [-0.3, -0.25) is 19.2 Å². The molecular formula is C45H72N2O6. The largest absolute Gasteiger partial charge is 0.481 e. The molecule has 6 aliphatic rings. The second kappa shape index (κ2) is 14.0. The molecule has 1 heterocycles. The SMILES string of the molecule is C=C(C)[C@@H]1CC[C@]2(CC(=O)N3CC[C@@H](NC(=O)CC)C3)CC[C@]3(C)[C@H](CC[C@@H]4[C@@]5(C)CC[C@H](OC(=O)CC(C)(C)CC(=O)O)C(C)(C)[C@@H]5CC[C@]43C)[C@@H]12. The zero-order chi connectivity index (χ0) is 38.9. The van der Waals surface area contributed by atoms with Gasteiger partial charge in [0.05, 0.1) is 12.8 Å². The molecule has 0 aromatic heterocycles. The average Bonchev–Trinajstić information content (AvgIpc) is 3.67. The first kappa shape index (κ1) is 40.3. The maximum absolute atomic E-state index is 14.2. The molecule has 8 nitrogen and oxygen atoms in total. The molecule has 6 fully saturated rings. The van der Waals surface area contributed by atoms with Crippen molar-refractivity contribution >= 4 is 23.8 Å². The minimum Gasteiger partial charge on any atom is -0.481 e. The Bertz CT molecular complexity index is 1490. The van der Waals surface area contributed by atoms with Crippen LogP contribution >= 0.6 is 0 Å². The van der Waals surface area contributed by atoms with E-state index in [1.54, 1.807) is 0 Å². The first-order valence-electron chi connectivity index (χ1n) is 21.3. The van der Waals surface area contributed by atoms with Gasteiger partial charge in [-0.15, -0.1) is 0 Å². The molecule has 0 aromatic carbocycles. The number of carbonyl (C=O) groups excluding carboxylic acids is 3. The van der Waals surface area contributed by atoms with E-state index in [1.807, 2.05) is 25.7 Å². The lowest BCUT2D eigenvalue weighted by atomic mass is 9.32. The molecule has 0 spiro atoms. The Labute approximate surface area is 320 Å². The molecule has 6 rings (SSSR count). The Hall–Kier alpha value is -2.38. The summed E-state index contributed by atoms with van der Waals surface area (Å²) in [6.07, 6.45) is 13.0. The number of nitrogens with one attached hydrogen (secondary N) is 1. The summed E-state index contributed by atoms with van der Waals surface area (Å²) in [6, 6.07) is 0.0656. The number of amides is 2. The number of ether oxygens (including phenoxy) is 1. The van der Waals surface area contributed by atoms with Crippen molar-refractivity contribution in [3.05, 3.63) is 12.2 Å². The smallest absolute Gasteiger partial charge is 0.306 e. The van der Waals surface area contributed by atoms with Crippen molar-refractivity contribution in [1.82, 2.24) is 10.2 Å². The summed E-state index contributed by atoms with van der Waals surface area (Å²) in [4.78, 5) is 53.0. The van der Waals surface area contributed by atoms with Gasteiger partial charge < -0.3 is 20.1 Å². The molecule has 53 heavy (non-hydrogen) atoms. The van der Waals surface area contributed by atoms with Crippen LogP contribution in [-0.2, 0) is 23.9 Å². The summed E-state index contributed by atoms with van der Waals surface area (Å²) in [6.45, 7) is 26.2.